The van der Waals surface area contributed by atoms with Gasteiger partial charge in [0.05, 0.1) is 27.0 Å². The van der Waals surface area contributed by atoms with Crippen molar-refractivity contribution in [1.29, 1.82) is 0 Å². The Morgan fingerprint density at radius 3 is 2.61 bits per heavy atom. The van der Waals surface area contributed by atoms with E-state index in [1.54, 1.807) is 0 Å². The van der Waals surface area contributed by atoms with Crippen molar-refractivity contribution < 1.29 is 14.1 Å². The van der Waals surface area contributed by atoms with Crippen LogP contribution < -0.4 is 10.9 Å². The van der Waals surface area contributed by atoms with Crippen molar-refractivity contribution in [2.75, 3.05) is 16.8 Å². The van der Waals surface area contributed by atoms with Crippen molar-refractivity contribution in [3.63, 3.8) is 0 Å². The number of rotatable bonds is 6. The Morgan fingerprint density at radius 1 is 1.23 bits per heavy atom. The number of non-ortho nitro benzene ring substituents is 1. The van der Waals surface area contributed by atoms with Crippen LogP contribution in [0.15, 0.2) is 63.4 Å². The fraction of sp³-hybridized carbons (Fsp3) is 0.150. The Labute approximate surface area is 184 Å². The van der Waals surface area contributed by atoms with E-state index in [4.69, 9.17) is 0 Å². The van der Waals surface area contributed by atoms with Crippen LogP contribution in [0.1, 0.15) is 5.69 Å². The van der Waals surface area contributed by atoms with Gasteiger partial charge in [-0.05, 0) is 36.4 Å². The van der Waals surface area contributed by atoms with E-state index in [1.807, 2.05) is 0 Å². The van der Waals surface area contributed by atoms with Gasteiger partial charge in [-0.15, -0.1) is 11.8 Å². The maximum atomic E-state index is 13.1. The number of nitrogens with zero attached hydrogens (tertiary/aromatic N) is 3. The average Bonchev–Trinajstić information content (AvgIpc) is 3.23. The molecule has 1 aliphatic heterocycles. The summed E-state index contributed by atoms with van der Waals surface area (Å²) in [5, 5.41) is 13.9. The number of aromatic nitrogens is 2. The number of benzene rings is 2. The molecule has 0 atom stereocenters. The molecule has 2 aromatic carbocycles. The number of hydrogen-bond acceptors (Lipinski definition) is 7. The quantitative estimate of drug-likeness (QED) is 0.260. The van der Waals surface area contributed by atoms with Crippen molar-refractivity contribution in [2.45, 2.75) is 16.5 Å². The number of amides is 1. The van der Waals surface area contributed by atoms with Crippen LogP contribution >= 0.6 is 23.5 Å². The lowest BCUT2D eigenvalue weighted by atomic mass is 10.2. The van der Waals surface area contributed by atoms with E-state index in [0.717, 1.165) is 17.5 Å². The topological polar surface area (TPSA) is 107 Å². The maximum absolute atomic E-state index is 13.1. The minimum atomic E-state index is -0.515. The first-order valence-electron chi connectivity index (χ1n) is 9.14. The standard InChI is InChI=1S/C20H15FN4O4S2/c21-12-1-3-13(4-2-12)22-17(26)11-31-20-23-16-9-10-30-18(16)19(27)24(20)14-5-7-15(8-6-14)25(28)29/h1-8H,9-11H2,(H,22,26). The maximum Gasteiger partial charge on any atom is 0.272 e. The summed E-state index contributed by atoms with van der Waals surface area (Å²) in [6.07, 6.45) is 0.658. The summed E-state index contributed by atoms with van der Waals surface area (Å²) >= 11 is 2.51. The molecular weight excluding hydrogens is 443 g/mol. The number of carbonyl (C=O) groups is 1. The number of nitrogens with one attached hydrogen (secondary N) is 1. The van der Waals surface area contributed by atoms with Crippen LogP contribution in [0, 0.1) is 15.9 Å². The van der Waals surface area contributed by atoms with E-state index in [9.17, 15) is 24.1 Å². The molecule has 158 valence electrons. The summed E-state index contributed by atoms with van der Waals surface area (Å²) < 4.78 is 14.4. The van der Waals surface area contributed by atoms with Gasteiger partial charge in [0.15, 0.2) is 5.16 Å². The molecule has 0 saturated carbocycles. The lowest BCUT2D eigenvalue weighted by Crippen LogP contribution is -2.24. The number of aryl methyl sites for hydroxylation is 1. The monoisotopic (exact) mass is 458 g/mol. The van der Waals surface area contributed by atoms with E-state index in [0.29, 0.717) is 33.5 Å². The molecule has 4 rings (SSSR count). The molecule has 0 unspecified atom stereocenters. The second-order valence-electron chi connectivity index (χ2n) is 6.53. The first kappa shape index (κ1) is 21.1. The van der Waals surface area contributed by atoms with Crippen LogP contribution in [0.4, 0.5) is 15.8 Å². The van der Waals surface area contributed by atoms with Gasteiger partial charge in [-0.1, -0.05) is 11.8 Å². The molecule has 31 heavy (non-hydrogen) atoms. The molecule has 0 bridgehead atoms. The Morgan fingerprint density at radius 2 is 1.94 bits per heavy atom. The van der Waals surface area contributed by atoms with Gasteiger partial charge in [0.2, 0.25) is 5.91 Å². The Balaban J connectivity index is 1.61. The van der Waals surface area contributed by atoms with E-state index in [1.165, 1.54) is 64.9 Å². The highest BCUT2D eigenvalue weighted by Crippen LogP contribution is 2.30. The summed E-state index contributed by atoms with van der Waals surface area (Å²) in [5.41, 5.74) is 1.23. The fourth-order valence-corrected chi connectivity index (χ4v) is 4.85. The van der Waals surface area contributed by atoms with Gasteiger partial charge in [0.1, 0.15) is 5.82 Å². The predicted molar refractivity (Wildman–Crippen MR) is 117 cm³/mol. The number of thioether (sulfide) groups is 2. The second kappa shape index (κ2) is 8.90. The molecule has 0 aliphatic carbocycles. The highest BCUT2D eigenvalue weighted by molar-refractivity contribution is 8.00. The summed E-state index contributed by atoms with van der Waals surface area (Å²) in [6.45, 7) is 0. The third-order valence-corrected chi connectivity index (χ3v) is 6.49. The third-order valence-electron chi connectivity index (χ3n) is 4.45. The third kappa shape index (κ3) is 4.62. The van der Waals surface area contributed by atoms with Crippen LogP contribution in [-0.4, -0.2) is 31.9 Å². The summed E-state index contributed by atoms with van der Waals surface area (Å²) in [6, 6.07) is 11.0. The van der Waals surface area contributed by atoms with E-state index in [2.05, 4.69) is 10.3 Å². The van der Waals surface area contributed by atoms with Crippen LogP contribution in [0.5, 0.6) is 0 Å². The second-order valence-corrected chi connectivity index (χ2v) is 8.57. The molecule has 0 fully saturated rings. The van der Waals surface area contributed by atoms with Gasteiger partial charge in [0.25, 0.3) is 11.2 Å². The fourth-order valence-electron chi connectivity index (χ4n) is 3.00. The van der Waals surface area contributed by atoms with Gasteiger partial charge in [-0.3, -0.25) is 24.3 Å². The molecule has 0 saturated heterocycles. The zero-order valence-electron chi connectivity index (χ0n) is 15.9. The molecule has 2 heterocycles. The molecule has 3 aromatic rings. The van der Waals surface area contributed by atoms with Gasteiger partial charge in [-0.2, -0.15) is 0 Å². The van der Waals surface area contributed by atoms with Crippen molar-refractivity contribution in [2.24, 2.45) is 0 Å². The van der Waals surface area contributed by atoms with Gasteiger partial charge >= 0.3 is 0 Å². The van der Waals surface area contributed by atoms with Crippen molar-refractivity contribution in [1.82, 2.24) is 9.55 Å². The normalized spacial score (nSPS) is 12.4. The molecule has 0 radical (unpaired) electrons. The largest absolute Gasteiger partial charge is 0.325 e. The minimum Gasteiger partial charge on any atom is -0.325 e. The number of halogens is 1. The Kier molecular flexibility index (Phi) is 6.05. The number of hydrogen-bond donors (Lipinski definition) is 1. The molecule has 8 nitrogen and oxygen atoms in total. The minimum absolute atomic E-state index is 0.0251. The first-order valence-corrected chi connectivity index (χ1v) is 11.1. The van der Waals surface area contributed by atoms with Gasteiger partial charge in [-0.25, -0.2) is 9.37 Å². The van der Waals surface area contributed by atoms with Crippen molar-refractivity contribution >= 4 is 40.8 Å². The number of carbonyl (C=O) groups excluding carboxylic acids is 1. The average molecular weight is 458 g/mol. The SMILES string of the molecule is O=C(CSc1nc2c(c(=O)n1-c1ccc([N+](=O)[O-])cc1)SCC2)Nc1ccc(F)cc1. The first-order chi connectivity index (χ1) is 14.9. The van der Waals surface area contributed by atoms with E-state index >= 15 is 0 Å². The van der Waals surface area contributed by atoms with Gasteiger partial charge in [0, 0.05) is 30.0 Å². The number of nitro groups is 1. The molecule has 11 heteroatoms. The van der Waals surface area contributed by atoms with Crippen molar-refractivity contribution in [3.8, 4) is 5.69 Å². The van der Waals surface area contributed by atoms with Crippen LogP contribution in [0.2, 0.25) is 0 Å². The Bertz CT molecular complexity index is 1210. The van der Waals surface area contributed by atoms with Crippen LogP contribution in [0.25, 0.3) is 5.69 Å². The van der Waals surface area contributed by atoms with Crippen LogP contribution in [0.3, 0.4) is 0 Å². The lowest BCUT2D eigenvalue weighted by molar-refractivity contribution is -0.384. The molecular formula is C20H15FN4O4S2. The van der Waals surface area contributed by atoms with Gasteiger partial charge < -0.3 is 5.32 Å². The zero-order chi connectivity index (χ0) is 22.0. The molecule has 1 aromatic heterocycles. The molecule has 0 spiro atoms. The molecule has 1 aliphatic rings. The summed E-state index contributed by atoms with van der Waals surface area (Å²) in [4.78, 5) is 41.0. The summed E-state index contributed by atoms with van der Waals surface area (Å²) in [7, 11) is 0. The van der Waals surface area contributed by atoms with E-state index < -0.39 is 10.7 Å². The molecule has 1 amide bonds. The number of fused-ring (bicyclic) bond motifs is 1. The zero-order valence-corrected chi connectivity index (χ0v) is 17.5. The lowest BCUT2D eigenvalue weighted by Gasteiger charge is -2.13. The highest BCUT2D eigenvalue weighted by atomic mass is 32.2. The smallest absolute Gasteiger partial charge is 0.272 e. The van der Waals surface area contributed by atoms with Crippen molar-refractivity contribution in [3.05, 3.63) is 80.5 Å². The number of anilines is 1. The molecule has 1 N–H and O–H groups in total. The van der Waals surface area contributed by atoms with Crippen LogP contribution in [-0.2, 0) is 11.2 Å². The highest BCUT2D eigenvalue weighted by Gasteiger charge is 2.23. The Hall–Kier alpha value is -3.18. The summed E-state index contributed by atoms with van der Waals surface area (Å²) in [5.74, 6) is -0.0182. The number of nitro benzene ring substituents is 1. The van der Waals surface area contributed by atoms with E-state index in [-0.39, 0.29) is 22.9 Å². The predicted octanol–water partition coefficient (Wildman–Crippen LogP) is 3.66.